The van der Waals surface area contributed by atoms with E-state index in [4.69, 9.17) is 0 Å². The molecule has 0 unspecified atom stereocenters. The van der Waals surface area contributed by atoms with Crippen LogP contribution in [0.25, 0.3) is 5.57 Å². The Kier molecular flexibility index (Phi) is 3.94. The third-order valence-corrected chi connectivity index (χ3v) is 2.34. The largest absolute Gasteiger partial charge is 0.0782 e. The van der Waals surface area contributed by atoms with Crippen molar-refractivity contribution in [1.82, 2.24) is 0 Å². The van der Waals surface area contributed by atoms with Gasteiger partial charge in [-0.1, -0.05) is 56.7 Å². The molecule has 0 aliphatic rings. The van der Waals surface area contributed by atoms with Crippen molar-refractivity contribution in [3.8, 4) is 0 Å². The molecule has 0 aromatic heterocycles. The highest BCUT2D eigenvalue weighted by atomic mass is 14.0. The predicted octanol–water partition coefficient (Wildman–Crippen LogP) is 4.44. The Labute approximate surface area is 87.7 Å². The van der Waals surface area contributed by atoms with Gasteiger partial charge in [-0.05, 0) is 30.4 Å². The first-order valence-corrected chi connectivity index (χ1v) is 5.41. The van der Waals surface area contributed by atoms with Crippen LogP contribution in [-0.2, 0) is 0 Å². The topological polar surface area (TPSA) is 0 Å². The summed E-state index contributed by atoms with van der Waals surface area (Å²) in [7, 11) is 0. The molecule has 1 aromatic carbocycles. The first kappa shape index (κ1) is 11.0. The zero-order chi connectivity index (χ0) is 10.6. The molecule has 0 nitrogen and oxygen atoms in total. The number of aryl methyl sites for hydroxylation is 1. The lowest BCUT2D eigenvalue weighted by atomic mass is 9.99. The zero-order valence-electron chi connectivity index (χ0n) is 9.67. The van der Waals surface area contributed by atoms with E-state index in [-0.39, 0.29) is 0 Å². The van der Waals surface area contributed by atoms with E-state index >= 15 is 0 Å². The van der Waals surface area contributed by atoms with Crippen molar-refractivity contribution < 1.29 is 0 Å². The third kappa shape index (κ3) is 3.02. The molecule has 14 heavy (non-hydrogen) atoms. The summed E-state index contributed by atoms with van der Waals surface area (Å²) in [6.07, 6.45) is 3.46. The second-order valence-corrected chi connectivity index (χ2v) is 4.16. The lowest BCUT2D eigenvalue weighted by Crippen LogP contribution is -1.87. The fourth-order valence-corrected chi connectivity index (χ4v) is 1.59. The second-order valence-electron chi connectivity index (χ2n) is 4.16. The summed E-state index contributed by atoms with van der Waals surface area (Å²) in [5.41, 5.74) is 4.15. The molecule has 0 N–H and O–H groups in total. The lowest BCUT2D eigenvalue weighted by Gasteiger charge is -2.07. The van der Waals surface area contributed by atoms with Crippen molar-refractivity contribution >= 4 is 5.57 Å². The number of benzene rings is 1. The van der Waals surface area contributed by atoms with Crippen LogP contribution in [0.3, 0.4) is 0 Å². The summed E-state index contributed by atoms with van der Waals surface area (Å²) in [6.45, 7) is 8.79. The fraction of sp³-hybridized carbons (Fsp3) is 0.429. The minimum Gasteiger partial charge on any atom is -0.0782 e. The molecular weight excluding hydrogens is 168 g/mol. The number of hydrogen-bond donors (Lipinski definition) is 0. The molecular formula is C14H20. The molecule has 0 atom stereocenters. The van der Waals surface area contributed by atoms with E-state index in [1.54, 1.807) is 0 Å². The highest BCUT2D eigenvalue weighted by Crippen LogP contribution is 2.20. The lowest BCUT2D eigenvalue weighted by molar-refractivity contribution is 0.830. The van der Waals surface area contributed by atoms with Crippen molar-refractivity contribution in [1.29, 1.82) is 0 Å². The van der Waals surface area contributed by atoms with Gasteiger partial charge in [-0.15, -0.1) is 0 Å². The molecule has 0 spiro atoms. The van der Waals surface area contributed by atoms with E-state index in [9.17, 15) is 0 Å². The maximum atomic E-state index is 2.35. The first-order valence-electron chi connectivity index (χ1n) is 5.41. The maximum Gasteiger partial charge on any atom is -0.0228 e. The summed E-state index contributed by atoms with van der Waals surface area (Å²) in [6, 6.07) is 8.79. The Hall–Kier alpha value is -1.04. The molecule has 76 valence electrons. The minimum absolute atomic E-state index is 0.631. The van der Waals surface area contributed by atoms with Crippen LogP contribution in [0.15, 0.2) is 30.3 Å². The molecule has 0 radical (unpaired) electrons. The third-order valence-electron chi connectivity index (χ3n) is 2.34. The van der Waals surface area contributed by atoms with Crippen LogP contribution in [-0.4, -0.2) is 0 Å². The maximum absolute atomic E-state index is 2.35. The fourth-order valence-electron chi connectivity index (χ4n) is 1.59. The van der Waals surface area contributed by atoms with Gasteiger partial charge in [0, 0.05) is 0 Å². The summed E-state index contributed by atoms with van der Waals surface area (Å²) in [5, 5.41) is 0. The van der Waals surface area contributed by atoms with Gasteiger partial charge in [0.15, 0.2) is 0 Å². The summed E-state index contributed by atoms with van der Waals surface area (Å²) in [4.78, 5) is 0. The predicted molar refractivity (Wildman–Crippen MR) is 64.3 cm³/mol. The van der Waals surface area contributed by atoms with E-state index in [0.717, 1.165) is 6.42 Å². The molecule has 0 aliphatic heterocycles. The van der Waals surface area contributed by atoms with Gasteiger partial charge in [-0.25, -0.2) is 0 Å². The normalized spacial score (nSPS) is 12.2. The van der Waals surface area contributed by atoms with Gasteiger partial charge in [0.05, 0.1) is 0 Å². The Bertz CT molecular complexity index is 301. The Morgan fingerprint density at radius 3 is 2.21 bits per heavy atom. The van der Waals surface area contributed by atoms with Crippen LogP contribution >= 0.6 is 0 Å². The van der Waals surface area contributed by atoms with Gasteiger partial charge >= 0.3 is 0 Å². The van der Waals surface area contributed by atoms with Gasteiger partial charge in [-0.2, -0.15) is 0 Å². The molecule has 0 bridgehead atoms. The van der Waals surface area contributed by atoms with Crippen LogP contribution < -0.4 is 0 Å². The van der Waals surface area contributed by atoms with Gasteiger partial charge in [0.1, 0.15) is 0 Å². The van der Waals surface area contributed by atoms with Crippen LogP contribution in [0, 0.1) is 12.8 Å². The smallest absolute Gasteiger partial charge is 0.0228 e. The highest BCUT2D eigenvalue weighted by Gasteiger charge is 1.99. The number of rotatable bonds is 3. The Morgan fingerprint density at radius 2 is 1.79 bits per heavy atom. The van der Waals surface area contributed by atoms with Crippen molar-refractivity contribution in [3.63, 3.8) is 0 Å². The van der Waals surface area contributed by atoms with Gasteiger partial charge in [-0.3, -0.25) is 0 Å². The molecule has 0 heterocycles. The van der Waals surface area contributed by atoms with Crippen molar-refractivity contribution in [2.24, 2.45) is 5.92 Å². The molecule has 0 heteroatoms. The summed E-state index contributed by atoms with van der Waals surface area (Å²) in [5.74, 6) is 0.631. The van der Waals surface area contributed by atoms with E-state index in [0.29, 0.717) is 5.92 Å². The second kappa shape index (κ2) is 4.99. The number of hydrogen-bond acceptors (Lipinski definition) is 0. The van der Waals surface area contributed by atoms with E-state index in [1.807, 2.05) is 0 Å². The average Bonchev–Trinajstić information content (AvgIpc) is 2.15. The minimum atomic E-state index is 0.631. The highest BCUT2D eigenvalue weighted by molar-refractivity contribution is 5.65. The van der Waals surface area contributed by atoms with Gasteiger partial charge < -0.3 is 0 Å². The molecule has 1 aromatic rings. The van der Waals surface area contributed by atoms with Crippen molar-refractivity contribution in [2.75, 3.05) is 0 Å². The monoisotopic (exact) mass is 188 g/mol. The van der Waals surface area contributed by atoms with E-state index in [1.165, 1.54) is 16.7 Å². The average molecular weight is 188 g/mol. The summed E-state index contributed by atoms with van der Waals surface area (Å²) < 4.78 is 0. The van der Waals surface area contributed by atoms with Crippen LogP contribution in [0.4, 0.5) is 0 Å². The van der Waals surface area contributed by atoms with Gasteiger partial charge in [0.2, 0.25) is 0 Å². The summed E-state index contributed by atoms with van der Waals surface area (Å²) >= 11 is 0. The SMILES string of the molecule is CC/C(=C\C(C)C)c1ccc(C)cc1. The Morgan fingerprint density at radius 1 is 1.21 bits per heavy atom. The zero-order valence-corrected chi connectivity index (χ0v) is 9.67. The van der Waals surface area contributed by atoms with Crippen LogP contribution in [0.1, 0.15) is 38.3 Å². The molecule has 0 aliphatic carbocycles. The van der Waals surface area contributed by atoms with Crippen molar-refractivity contribution in [2.45, 2.75) is 34.1 Å². The molecule has 0 amide bonds. The Balaban J connectivity index is 2.95. The number of allylic oxidation sites excluding steroid dienone is 2. The van der Waals surface area contributed by atoms with Gasteiger partial charge in [0.25, 0.3) is 0 Å². The molecule has 1 rings (SSSR count). The first-order chi connectivity index (χ1) is 6.63. The van der Waals surface area contributed by atoms with E-state index < -0.39 is 0 Å². The molecule has 0 saturated heterocycles. The van der Waals surface area contributed by atoms with Crippen LogP contribution in [0.2, 0.25) is 0 Å². The molecule has 0 saturated carbocycles. The van der Waals surface area contributed by atoms with E-state index in [2.05, 4.69) is 58.0 Å². The van der Waals surface area contributed by atoms with Crippen LogP contribution in [0.5, 0.6) is 0 Å². The quantitative estimate of drug-likeness (QED) is 0.657. The van der Waals surface area contributed by atoms with Crippen molar-refractivity contribution in [3.05, 3.63) is 41.5 Å². The standard InChI is InChI=1S/C14H20/c1-5-13(10-11(2)3)14-8-6-12(4)7-9-14/h6-11H,5H2,1-4H3/b13-10+. The molecule has 0 fully saturated rings.